The zero-order valence-electron chi connectivity index (χ0n) is 18.0. The van der Waals surface area contributed by atoms with Gasteiger partial charge in [-0.2, -0.15) is 4.31 Å². The molecule has 0 unspecified atom stereocenters. The molecule has 0 radical (unpaired) electrons. The summed E-state index contributed by atoms with van der Waals surface area (Å²) in [5.41, 5.74) is 4.73. The van der Waals surface area contributed by atoms with Gasteiger partial charge in [0.25, 0.3) is 0 Å². The van der Waals surface area contributed by atoms with Gasteiger partial charge >= 0.3 is 0 Å². The van der Waals surface area contributed by atoms with Crippen molar-refractivity contribution in [3.63, 3.8) is 0 Å². The molecule has 0 amide bonds. The van der Waals surface area contributed by atoms with Gasteiger partial charge in [-0.05, 0) is 32.3 Å². The van der Waals surface area contributed by atoms with Crippen LogP contribution in [-0.2, 0) is 22.9 Å². The molecular weight excluding hydrogens is 384 g/mol. The van der Waals surface area contributed by atoms with Crippen molar-refractivity contribution in [2.45, 2.75) is 47.0 Å². The highest BCUT2D eigenvalue weighted by atomic mass is 32.2. The van der Waals surface area contributed by atoms with Gasteiger partial charge in [0.2, 0.25) is 10.0 Å². The smallest absolute Gasteiger partial charge is 0.214 e. The second kappa shape index (κ2) is 9.22. The highest BCUT2D eigenvalue weighted by Crippen LogP contribution is 2.26. The van der Waals surface area contributed by atoms with Crippen molar-refractivity contribution >= 4 is 15.8 Å². The third-order valence-electron chi connectivity index (χ3n) is 5.37. The average Bonchev–Trinajstić information content (AvgIpc) is 2.69. The molecule has 0 atom stereocenters. The number of aryl methyl sites for hydroxylation is 3. The molecule has 0 aliphatic carbocycles. The van der Waals surface area contributed by atoms with E-state index in [1.807, 2.05) is 13.8 Å². The van der Waals surface area contributed by atoms with Gasteiger partial charge in [0.1, 0.15) is 11.6 Å². The topological polar surface area (TPSA) is 66.4 Å². The van der Waals surface area contributed by atoms with Gasteiger partial charge < -0.3 is 4.90 Å². The van der Waals surface area contributed by atoms with Crippen molar-refractivity contribution in [1.82, 2.24) is 14.3 Å². The third kappa shape index (κ3) is 5.14. The zero-order chi connectivity index (χ0) is 21.0. The average molecular weight is 417 g/mol. The van der Waals surface area contributed by atoms with Crippen molar-refractivity contribution in [3.8, 4) is 0 Å². The fourth-order valence-electron chi connectivity index (χ4n) is 3.96. The number of piperazine rings is 1. The van der Waals surface area contributed by atoms with Crippen LogP contribution in [0.3, 0.4) is 0 Å². The number of nitrogens with zero attached hydrogens (tertiary/aromatic N) is 4. The van der Waals surface area contributed by atoms with Gasteiger partial charge in [-0.25, -0.2) is 18.4 Å². The van der Waals surface area contributed by atoms with E-state index in [9.17, 15) is 8.42 Å². The normalized spacial score (nSPS) is 15.7. The number of benzene rings is 1. The van der Waals surface area contributed by atoms with Gasteiger partial charge in [-0.3, -0.25) is 0 Å². The Morgan fingerprint density at radius 3 is 2.38 bits per heavy atom. The van der Waals surface area contributed by atoms with Crippen LogP contribution in [0.5, 0.6) is 0 Å². The molecule has 1 fully saturated rings. The quantitative estimate of drug-likeness (QED) is 0.694. The number of hydrogen-bond donors (Lipinski definition) is 0. The molecule has 0 saturated carbocycles. The lowest BCUT2D eigenvalue weighted by Gasteiger charge is -2.36. The number of aromatic nitrogens is 2. The Morgan fingerprint density at radius 2 is 1.76 bits per heavy atom. The van der Waals surface area contributed by atoms with Crippen LogP contribution < -0.4 is 4.90 Å². The summed E-state index contributed by atoms with van der Waals surface area (Å²) in [5.74, 6) is 1.95. The highest BCUT2D eigenvalue weighted by molar-refractivity contribution is 7.89. The van der Waals surface area contributed by atoms with Gasteiger partial charge in [0.05, 0.1) is 5.75 Å². The van der Waals surface area contributed by atoms with Gasteiger partial charge in [-0.1, -0.05) is 43.7 Å². The first-order valence-electron chi connectivity index (χ1n) is 10.5. The zero-order valence-corrected chi connectivity index (χ0v) is 18.8. The predicted octanol–water partition coefficient (Wildman–Crippen LogP) is 3.11. The molecule has 0 N–H and O–H groups in total. The first-order valence-corrected chi connectivity index (χ1v) is 12.1. The summed E-state index contributed by atoms with van der Waals surface area (Å²) in [4.78, 5) is 11.7. The van der Waals surface area contributed by atoms with Crippen molar-refractivity contribution in [3.05, 3.63) is 52.5 Å². The monoisotopic (exact) mass is 416 g/mol. The van der Waals surface area contributed by atoms with Crippen molar-refractivity contribution < 1.29 is 8.42 Å². The van der Waals surface area contributed by atoms with E-state index in [2.05, 4.69) is 43.0 Å². The molecule has 1 saturated heterocycles. The molecule has 1 aliphatic heterocycles. The Labute approximate surface area is 175 Å². The maximum atomic E-state index is 12.4. The maximum Gasteiger partial charge on any atom is 0.214 e. The first-order chi connectivity index (χ1) is 13.8. The first kappa shape index (κ1) is 21.7. The molecule has 2 heterocycles. The molecule has 0 bridgehead atoms. The minimum Gasteiger partial charge on any atom is -0.354 e. The van der Waals surface area contributed by atoms with Crippen LogP contribution in [0.15, 0.2) is 24.3 Å². The van der Waals surface area contributed by atoms with E-state index in [0.717, 1.165) is 35.7 Å². The minimum atomic E-state index is -3.15. The Hall–Kier alpha value is -1.99. The van der Waals surface area contributed by atoms with E-state index < -0.39 is 10.0 Å². The summed E-state index contributed by atoms with van der Waals surface area (Å²) in [6, 6.07) is 8.54. The van der Waals surface area contributed by atoms with Gasteiger partial charge in [-0.15, -0.1) is 0 Å². The standard InChI is InChI=1S/C22H32N4O2S/c1-5-14-29(27,28)26-12-10-25(11-13-26)22-20(21(6-2)23-18(4)24-22)16-19-9-7-8-17(3)15-19/h7-9,15H,5-6,10-14,16H2,1-4H3. The van der Waals surface area contributed by atoms with Crippen molar-refractivity contribution in [2.24, 2.45) is 0 Å². The van der Waals surface area contributed by atoms with Gasteiger partial charge in [0, 0.05) is 43.9 Å². The predicted molar refractivity (Wildman–Crippen MR) is 118 cm³/mol. The maximum absolute atomic E-state index is 12.4. The Balaban J connectivity index is 1.88. The highest BCUT2D eigenvalue weighted by Gasteiger charge is 2.28. The fourth-order valence-corrected chi connectivity index (χ4v) is 5.46. The number of rotatable bonds is 7. The summed E-state index contributed by atoms with van der Waals surface area (Å²) >= 11 is 0. The van der Waals surface area contributed by atoms with Crippen molar-refractivity contribution in [1.29, 1.82) is 0 Å². The second-order valence-electron chi connectivity index (χ2n) is 7.74. The summed E-state index contributed by atoms with van der Waals surface area (Å²) in [6.45, 7) is 10.4. The molecule has 6 nitrogen and oxygen atoms in total. The Kier molecular flexibility index (Phi) is 6.90. The largest absolute Gasteiger partial charge is 0.354 e. The Morgan fingerprint density at radius 1 is 1.03 bits per heavy atom. The molecule has 0 spiro atoms. The van der Waals surface area contributed by atoms with E-state index in [0.29, 0.717) is 32.6 Å². The molecule has 2 aromatic rings. The fraction of sp³-hybridized carbons (Fsp3) is 0.545. The SMILES string of the molecule is CCCS(=O)(=O)N1CCN(c2nc(C)nc(CC)c2Cc2cccc(C)c2)CC1. The van der Waals surface area contributed by atoms with Crippen LogP contribution >= 0.6 is 0 Å². The lowest BCUT2D eigenvalue weighted by molar-refractivity contribution is 0.383. The van der Waals surface area contributed by atoms with Crippen LogP contribution in [0, 0.1) is 13.8 Å². The number of sulfonamides is 1. The van der Waals surface area contributed by atoms with E-state index >= 15 is 0 Å². The van der Waals surface area contributed by atoms with Gasteiger partial charge in [0.15, 0.2) is 0 Å². The van der Waals surface area contributed by atoms with E-state index in [1.165, 1.54) is 11.1 Å². The second-order valence-corrected chi connectivity index (χ2v) is 9.83. The third-order valence-corrected chi connectivity index (χ3v) is 7.45. The van der Waals surface area contributed by atoms with Crippen LogP contribution in [0.1, 0.15) is 48.5 Å². The molecule has 1 aromatic heterocycles. The van der Waals surface area contributed by atoms with Crippen molar-refractivity contribution in [2.75, 3.05) is 36.8 Å². The van der Waals surface area contributed by atoms with Crippen LogP contribution in [-0.4, -0.2) is 54.6 Å². The summed E-state index contributed by atoms with van der Waals surface area (Å²) in [6.07, 6.45) is 2.28. The molecule has 29 heavy (non-hydrogen) atoms. The molecule has 3 rings (SSSR count). The van der Waals surface area contributed by atoms with Crippen LogP contribution in [0.2, 0.25) is 0 Å². The summed E-state index contributed by atoms with van der Waals surface area (Å²) < 4.78 is 26.4. The lowest BCUT2D eigenvalue weighted by atomic mass is 10.0. The van der Waals surface area contributed by atoms with E-state index in [1.54, 1.807) is 4.31 Å². The van der Waals surface area contributed by atoms with Crippen LogP contribution in [0.4, 0.5) is 5.82 Å². The van der Waals surface area contributed by atoms with E-state index in [4.69, 9.17) is 9.97 Å². The van der Waals surface area contributed by atoms with Crippen LogP contribution in [0.25, 0.3) is 0 Å². The minimum absolute atomic E-state index is 0.220. The molecule has 1 aliphatic rings. The van der Waals surface area contributed by atoms with E-state index in [-0.39, 0.29) is 5.75 Å². The molecule has 158 valence electrons. The number of hydrogen-bond acceptors (Lipinski definition) is 5. The molecule has 1 aromatic carbocycles. The molecular formula is C22H32N4O2S. The number of anilines is 1. The lowest BCUT2D eigenvalue weighted by Crippen LogP contribution is -2.49. The summed E-state index contributed by atoms with van der Waals surface area (Å²) in [5, 5.41) is 0. The Bertz CT molecular complexity index is 951. The molecule has 7 heteroatoms. The summed E-state index contributed by atoms with van der Waals surface area (Å²) in [7, 11) is -3.15.